The normalized spacial score (nSPS) is 18.4. The van der Waals surface area contributed by atoms with E-state index < -0.39 is 0 Å². The molecule has 1 amide bonds. The van der Waals surface area contributed by atoms with Crippen LogP contribution >= 0.6 is 24.8 Å². The van der Waals surface area contributed by atoms with Crippen LogP contribution in [-0.4, -0.2) is 42.5 Å². The highest BCUT2D eigenvalue weighted by molar-refractivity contribution is 5.95. The molecule has 6 heteroatoms. The van der Waals surface area contributed by atoms with E-state index in [0.29, 0.717) is 19.1 Å². The third-order valence-corrected chi connectivity index (χ3v) is 5.29. The van der Waals surface area contributed by atoms with Crippen LogP contribution in [-0.2, 0) is 0 Å². The molecule has 2 N–H and O–H groups in total. The highest BCUT2D eigenvalue weighted by Gasteiger charge is 2.34. The zero-order valence-electron chi connectivity index (χ0n) is 16.7. The lowest BCUT2D eigenvalue weighted by Crippen LogP contribution is -2.32. The molecule has 154 valence electrons. The Morgan fingerprint density at radius 2 is 1.68 bits per heavy atom. The van der Waals surface area contributed by atoms with Gasteiger partial charge in [0.25, 0.3) is 5.91 Å². The molecule has 3 rings (SSSR count). The number of anilines is 1. The number of hydrogen-bond donors (Lipinski definition) is 1. The predicted octanol–water partition coefficient (Wildman–Crippen LogP) is 4.33. The topological polar surface area (TPSA) is 49.6 Å². The molecule has 1 heterocycles. The molecule has 1 saturated heterocycles. The fourth-order valence-electron chi connectivity index (χ4n) is 3.87. The number of nitrogens with two attached hydrogens (primary N) is 1. The van der Waals surface area contributed by atoms with Crippen LogP contribution < -0.4 is 10.6 Å². The second-order valence-electron chi connectivity index (χ2n) is 7.32. The second kappa shape index (κ2) is 10.7. The van der Waals surface area contributed by atoms with Gasteiger partial charge >= 0.3 is 0 Å². The molecule has 2 aromatic rings. The number of carbonyl (C=O) groups excluding carboxylic acids is 1. The summed E-state index contributed by atoms with van der Waals surface area (Å²) in [4.78, 5) is 17.1. The number of nitrogens with zero attached hydrogens (tertiary/aromatic N) is 2. The van der Waals surface area contributed by atoms with Crippen molar-refractivity contribution in [2.75, 3.05) is 24.5 Å². The Labute approximate surface area is 180 Å². The average Bonchev–Trinajstić information content (AvgIpc) is 3.04. The molecule has 0 aromatic heterocycles. The van der Waals surface area contributed by atoms with Gasteiger partial charge in [-0.1, -0.05) is 30.3 Å². The number of benzene rings is 2. The molecule has 1 fully saturated rings. The summed E-state index contributed by atoms with van der Waals surface area (Å²) in [5.41, 5.74) is 9.42. The number of carbonyl (C=O) groups is 1. The van der Waals surface area contributed by atoms with Crippen molar-refractivity contribution in [1.29, 1.82) is 0 Å². The molecule has 0 aliphatic carbocycles. The zero-order valence-corrected chi connectivity index (χ0v) is 18.4. The fraction of sp³-hybridized carbons (Fsp3) is 0.409. The molecule has 4 nitrogen and oxygen atoms in total. The van der Waals surface area contributed by atoms with Gasteiger partial charge in [0, 0.05) is 48.9 Å². The van der Waals surface area contributed by atoms with Crippen LogP contribution in [0.3, 0.4) is 0 Å². The van der Waals surface area contributed by atoms with Gasteiger partial charge in [-0.15, -0.1) is 24.8 Å². The van der Waals surface area contributed by atoms with E-state index in [2.05, 4.69) is 37.8 Å². The maximum absolute atomic E-state index is 12.9. The fourth-order valence-corrected chi connectivity index (χ4v) is 3.87. The van der Waals surface area contributed by atoms with Gasteiger partial charge in [-0.25, -0.2) is 0 Å². The Kier molecular flexibility index (Phi) is 9.28. The molecule has 0 radical (unpaired) electrons. The monoisotopic (exact) mass is 423 g/mol. The quantitative estimate of drug-likeness (QED) is 0.777. The first-order valence-electron chi connectivity index (χ1n) is 9.47. The van der Waals surface area contributed by atoms with E-state index in [4.69, 9.17) is 5.73 Å². The molecule has 2 aromatic carbocycles. The minimum atomic E-state index is -0.0165. The summed E-state index contributed by atoms with van der Waals surface area (Å²) in [6, 6.07) is 18.6. The molecule has 28 heavy (non-hydrogen) atoms. The zero-order chi connectivity index (χ0) is 18.7. The van der Waals surface area contributed by atoms with E-state index in [1.165, 1.54) is 5.56 Å². The van der Waals surface area contributed by atoms with Gasteiger partial charge in [0.1, 0.15) is 0 Å². The Morgan fingerprint density at radius 1 is 1.07 bits per heavy atom. The molecule has 1 aliphatic rings. The summed E-state index contributed by atoms with van der Waals surface area (Å²) in [6.45, 7) is 8.74. The van der Waals surface area contributed by atoms with Crippen molar-refractivity contribution in [3.8, 4) is 0 Å². The van der Waals surface area contributed by atoms with Gasteiger partial charge in [-0.3, -0.25) is 4.79 Å². The summed E-state index contributed by atoms with van der Waals surface area (Å²) in [5, 5.41) is 0. The van der Waals surface area contributed by atoms with Crippen molar-refractivity contribution in [2.24, 2.45) is 5.73 Å². The first-order chi connectivity index (χ1) is 12.5. The molecular formula is C22H31Cl2N3O. The Morgan fingerprint density at radius 3 is 2.21 bits per heavy atom. The number of rotatable bonds is 5. The first kappa shape index (κ1) is 24.3. The van der Waals surface area contributed by atoms with Gasteiger partial charge in [0.15, 0.2) is 0 Å². The standard InChI is InChI=1S/C22H29N3O.2ClH/c1-4-25(16(2)3)19-12-10-18(11-13-19)22(26)24-14-20(21(23)15-24)17-8-6-5-7-9-17;;/h5-13,16,20-21H,4,14-15,23H2,1-3H3;2*1H/t20-,21+;;/m0../s1. The van der Waals surface area contributed by atoms with Gasteiger partial charge in [0.05, 0.1) is 0 Å². The molecule has 0 saturated carbocycles. The first-order valence-corrected chi connectivity index (χ1v) is 9.47. The van der Waals surface area contributed by atoms with Crippen molar-refractivity contribution in [3.63, 3.8) is 0 Å². The number of halogens is 2. The van der Waals surface area contributed by atoms with E-state index in [1.54, 1.807) is 0 Å². The molecule has 0 unspecified atom stereocenters. The highest BCUT2D eigenvalue weighted by atomic mass is 35.5. The average molecular weight is 424 g/mol. The summed E-state index contributed by atoms with van der Waals surface area (Å²) >= 11 is 0. The minimum Gasteiger partial charge on any atom is -0.369 e. The molecular weight excluding hydrogens is 393 g/mol. The number of likely N-dealkylation sites (tertiary alicyclic amines) is 1. The second-order valence-corrected chi connectivity index (χ2v) is 7.32. The maximum Gasteiger partial charge on any atom is 0.253 e. The summed E-state index contributed by atoms with van der Waals surface area (Å²) in [5.74, 6) is 0.272. The minimum absolute atomic E-state index is 0. The lowest BCUT2D eigenvalue weighted by Gasteiger charge is -2.27. The molecule has 1 aliphatic heterocycles. The van der Waals surface area contributed by atoms with Crippen molar-refractivity contribution >= 4 is 36.4 Å². The molecule has 0 spiro atoms. The number of hydrogen-bond acceptors (Lipinski definition) is 3. The Balaban J connectivity index is 0.00000196. The van der Waals surface area contributed by atoms with E-state index in [0.717, 1.165) is 17.8 Å². The van der Waals surface area contributed by atoms with Gasteiger partial charge < -0.3 is 15.5 Å². The van der Waals surface area contributed by atoms with Crippen molar-refractivity contribution in [2.45, 2.75) is 38.8 Å². The van der Waals surface area contributed by atoms with Crippen molar-refractivity contribution < 1.29 is 4.79 Å². The van der Waals surface area contributed by atoms with Crippen LogP contribution in [0.1, 0.15) is 42.6 Å². The van der Waals surface area contributed by atoms with E-state index in [-0.39, 0.29) is 42.7 Å². The Hall–Kier alpha value is -1.75. The van der Waals surface area contributed by atoms with E-state index >= 15 is 0 Å². The van der Waals surface area contributed by atoms with Gasteiger partial charge in [0.2, 0.25) is 0 Å². The van der Waals surface area contributed by atoms with Crippen LogP contribution in [0.2, 0.25) is 0 Å². The van der Waals surface area contributed by atoms with Crippen molar-refractivity contribution in [1.82, 2.24) is 4.90 Å². The third-order valence-electron chi connectivity index (χ3n) is 5.29. The number of amides is 1. The SMILES string of the molecule is CCN(c1ccc(C(=O)N2C[C@@H](N)[C@H](c3ccccc3)C2)cc1)C(C)C.Cl.Cl. The van der Waals surface area contributed by atoms with Crippen LogP contribution in [0.4, 0.5) is 5.69 Å². The van der Waals surface area contributed by atoms with Crippen molar-refractivity contribution in [3.05, 3.63) is 65.7 Å². The van der Waals surface area contributed by atoms with E-state index in [9.17, 15) is 4.79 Å². The lowest BCUT2D eigenvalue weighted by molar-refractivity contribution is 0.0789. The van der Waals surface area contributed by atoms with Crippen LogP contribution in [0.5, 0.6) is 0 Å². The van der Waals surface area contributed by atoms with Crippen LogP contribution in [0, 0.1) is 0 Å². The van der Waals surface area contributed by atoms with Crippen LogP contribution in [0.25, 0.3) is 0 Å². The molecule has 2 atom stereocenters. The summed E-state index contributed by atoms with van der Waals surface area (Å²) in [7, 11) is 0. The highest BCUT2D eigenvalue weighted by Crippen LogP contribution is 2.28. The summed E-state index contributed by atoms with van der Waals surface area (Å²) < 4.78 is 0. The molecule has 0 bridgehead atoms. The largest absolute Gasteiger partial charge is 0.369 e. The third kappa shape index (κ3) is 5.19. The predicted molar refractivity (Wildman–Crippen MR) is 122 cm³/mol. The summed E-state index contributed by atoms with van der Waals surface area (Å²) in [6.07, 6.45) is 0. The Bertz CT molecular complexity index is 737. The maximum atomic E-state index is 12.9. The van der Waals surface area contributed by atoms with E-state index in [1.807, 2.05) is 47.4 Å². The van der Waals surface area contributed by atoms with Gasteiger partial charge in [-0.05, 0) is 50.6 Å². The van der Waals surface area contributed by atoms with Crippen LogP contribution in [0.15, 0.2) is 54.6 Å². The lowest BCUT2D eigenvalue weighted by atomic mass is 9.95. The van der Waals surface area contributed by atoms with Gasteiger partial charge in [-0.2, -0.15) is 0 Å². The smallest absolute Gasteiger partial charge is 0.253 e.